The summed E-state index contributed by atoms with van der Waals surface area (Å²) in [6.07, 6.45) is 4.71. The van der Waals surface area contributed by atoms with Crippen molar-refractivity contribution in [2.45, 2.75) is 13.0 Å². The van der Waals surface area contributed by atoms with Gasteiger partial charge in [0.15, 0.2) is 5.75 Å². The molecule has 3 aromatic heterocycles. The zero-order valence-electron chi connectivity index (χ0n) is 18.4. The molecule has 2 N–H and O–H groups in total. The summed E-state index contributed by atoms with van der Waals surface area (Å²) in [4.78, 5) is 25.8. The molecule has 0 bridgehead atoms. The van der Waals surface area contributed by atoms with Gasteiger partial charge in [0.05, 0.1) is 42.4 Å². The molecule has 0 saturated carbocycles. The lowest BCUT2D eigenvalue weighted by Crippen LogP contribution is -2.27. The van der Waals surface area contributed by atoms with Crippen LogP contribution in [0.1, 0.15) is 17.3 Å². The van der Waals surface area contributed by atoms with Crippen molar-refractivity contribution < 1.29 is 14.2 Å². The van der Waals surface area contributed by atoms with Crippen molar-refractivity contribution >= 4 is 23.2 Å². The summed E-state index contributed by atoms with van der Waals surface area (Å²) in [5.41, 5.74) is 2.57. The molecule has 3 heterocycles. The third-order valence-corrected chi connectivity index (χ3v) is 5.51. The quantitative estimate of drug-likeness (QED) is 0.409. The summed E-state index contributed by atoms with van der Waals surface area (Å²) in [6.45, 7) is 1.46. The molecule has 4 rings (SSSR count). The first-order valence-corrected chi connectivity index (χ1v) is 10.7. The van der Waals surface area contributed by atoms with Crippen LogP contribution in [0.15, 0.2) is 65.8 Å². The molecule has 8 nitrogen and oxygen atoms in total. The van der Waals surface area contributed by atoms with Gasteiger partial charge in [0.1, 0.15) is 5.82 Å². The lowest BCUT2D eigenvalue weighted by atomic mass is 10.1. The molecule has 0 aliphatic heterocycles. The molecule has 10 heteroatoms. The van der Waals surface area contributed by atoms with E-state index in [4.69, 9.17) is 16.3 Å². The number of anilines is 2. The van der Waals surface area contributed by atoms with Crippen molar-refractivity contribution in [2.24, 2.45) is 0 Å². The van der Waals surface area contributed by atoms with Gasteiger partial charge in [0, 0.05) is 29.7 Å². The number of methoxy groups -OCH3 is 1. The van der Waals surface area contributed by atoms with E-state index in [1.165, 1.54) is 29.0 Å². The smallest absolute Gasteiger partial charge is 0.251 e. The molecule has 1 atom stereocenters. The Morgan fingerprint density at radius 1 is 1.21 bits per heavy atom. The zero-order valence-corrected chi connectivity index (χ0v) is 19.1. The number of rotatable bonds is 7. The summed E-state index contributed by atoms with van der Waals surface area (Å²) in [5, 5.41) is 13.0. The number of hydrogen-bond acceptors (Lipinski definition) is 7. The molecule has 34 heavy (non-hydrogen) atoms. The SMILES string of the molecule is COc1cnc(C)cc1Nc1nccc(-c2ccn([C@H](CO)c3ccc(Cl)c(F)c3)c(=O)c2)n1. The monoisotopic (exact) mass is 481 g/mol. The number of nitrogens with one attached hydrogen (secondary N) is 1. The van der Waals surface area contributed by atoms with Crippen LogP contribution in [0.25, 0.3) is 11.3 Å². The molecule has 174 valence electrons. The third-order valence-electron chi connectivity index (χ3n) is 5.21. The minimum Gasteiger partial charge on any atom is -0.493 e. The highest BCUT2D eigenvalue weighted by Crippen LogP contribution is 2.27. The van der Waals surface area contributed by atoms with E-state index in [2.05, 4.69) is 20.3 Å². The fraction of sp³-hybridized carbons (Fsp3) is 0.167. The molecule has 0 spiro atoms. The normalized spacial score (nSPS) is 11.8. The van der Waals surface area contributed by atoms with Crippen molar-refractivity contribution in [3.05, 3.63) is 93.5 Å². The van der Waals surface area contributed by atoms with Gasteiger partial charge >= 0.3 is 0 Å². The van der Waals surface area contributed by atoms with E-state index >= 15 is 0 Å². The maximum Gasteiger partial charge on any atom is 0.251 e. The van der Waals surface area contributed by atoms with Gasteiger partial charge in [0.25, 0.3) is 5.56 Å². The van der Waals surface area contributed by atoms with E-state index in [1.807, 2.05) is 13.0 Å². The number of aliphatic hydroxyl groups excluding tert-OH is 1. The highest BCUT2D eigenvalue weighted by molar-refractivity contribution is 6.30. The fourth-order valence-electron chi connectivity index (χ4n) is 3.49. The van der Waals surface area contributed by atoms with Gasteiger partial charge in [0.2, 0.25) is 5.95 Å². The van der Waals surface area contributed by atoms with E-state index in [0.29, 0.717) is 34.2 Å². The van der Waals surface area contributed by atoms with Crippen molar-refractivity contribution in [3.63, 3.8) is 0 Å². The van der Waals surface area contributed by atoms with Crippen molar-refractivity contribution in [2.75, 3.05) is 19.0 Å². The third kappa shape index (κ3) is 4.90. The Hall–Kier alpha value is -3.82. The van der Waals surface area contributed by atoms with Crippen molar-refractivity contribution in [1.29, 1.82) is 0 Å². The van der Waals surface area contributed by atoms with Gasteiger partial charge in [-0.25, -0.2) is 14.4 Å². The van der Waals surface area contributed by atoms with E-state index in [0.717, 1.165) is 5.69 Å². The lowest BCUT2D eigenvalue weighted by Gasteiger charge is -2.18. The second-order valence-electron chi connectivity index (χ2n) is 7.45. The Balaban J connectivity index is 1.64. The van der Waals surface area contributed by atoms with Crippen LogP contribution in [-0.4, -0.2) is 38.3 Å². The minimum atomic E-state index is -0.765. The van der Waals surface area contributed by atoms with Crippen molar-refractivity contribution in [1.82, 2.24) is 19.5 Å². The van der Waals surface area contributed by atoms with E-state index < -0.39 is 18.5 Å². The van der Waals surface area contributed by atoms with Crippen LogP contribution in [0.4, 0.5) is 16.0 Å². The second kappa shape index (κ2) is 9.98. The van der Waals surface area contributed by atoms with E-state index in [1.54, 1.807) is 37.7 Å². The number of halogens is 2. The first-order valence-electron chi connectivity index (χ1n) is 10.3. The molecule has 4 aromatic rings. The van der Waals surface area contributed by atoms with Crippen LogP contribution in [0, 0.1) is 12.7 Å². The van der Waals surface area contributed by atoms with Gasteiger partial charge in [-0.2, -0.15) is 0 Å². The van der Waals surface area contributed by atoms with Crippen LogP contribution in [0.5, 0.6) is 5.75 Å². The largest absolute Gasteiger partial charge is 0.493 e. The molecule has 0 unspecified atom stereocenters. The topological polar surface area (TPSA) is 102 Å². The summed E-state index contributed by atoms with van der Waals surface area (Å²) in [7, 11) is 1.54. The molecular weight excluding hydrogens is 461 g/mol. The fourth-order valence-corrected chi connectivity index (χ4v) is 3.61. The Bertz CT molecular complexity index is 1400. The lowest BCUT2D eigenvalue weighted by molar-refractivity contribution is 0.247. The Morgan fingerprint density at radius 2 is 2.03 bits per heavy atom. The summed E-state index contributed by atoms with van der Waals surface area (Å²) < 4.78 is 20.6. The molecule has 0 aliphatic carbocycles. The number of benzene rings is 1. The average molecular weight is 482 g/mol. The Labute approximate surface area is 199 Å². The number of hydrogen-bond donors (Lipinski definition) is 2. The summed E-state index contributed by atoms with van der Waals surface area (Å²) in [6, 6.07) is 9.99. The predicted octanol–water partition coefficient (Wildman–Crippen LogP) is 4.14. The standard InChI is InChI=1S/C24H21ClFN5O3/c1-14-9-20(22(34-2)12-28-14)30-24-27-7-5-19(29-24)15-6-8-31(23(33)11-15)21(13-32)16-3-4-17(25)18(26)10-16/h3-12,21,32H,13H2,1-2H3,(H,27,28,29,30)/t21-/m1/s1. The maximum absolute atomic E-state index is 13.9. The van der Waals surface area contributed by atoms with Crippen LogP contribution in [-0.2, 0) is 0 Å². The maximum atomic E-state index is 13.9. The highest BCUT2D eigenvalue weighted by atomic mass is 35.5. The molecule has 0 fully saturated rings. The van der Waals surface area contributed by atoms with Gasteiger partial charge in [-0.15, -0.1) is 0 Å². The number of aromatic nitrogens is 4. The minimum absolute atomic E-state index is 0.0316. The molecule has 0 aliphatic rings. The average Bonchev–Trinajstić information content (AvgIpc) is 2.83. The van der Waals surface area contributed by atoms with Crippen LogP contribution in [0.2, 0.25) is 5.02 Å². The summed E-state index contributed by atoms with van der Waals surface area (Å²) >= 11 is 5.75. The van der Waals surface area contributed by atoms with Gasteiger partial charge in [-0.3, -0.25) is 9.78 Å². The number of nitrogens with zero attached hydrogens (tertiary/aromatic N) is 4. The van der Waals surface area contributed by atoms with Crippen molar-refractivity contribution in [3.8, 4) is 17.0 Å². The van der Waals surface area contributed by atoms with Crippen LogP contribution >= 0.6 is 11.6 Å². The number of aryl methyl sites for hydroxylation is 1. The van der Waals surface area contributed by atoms with E-state index in [-0.39, 0.29) is 10.6 Å². The molecule has 1 aromatic carbocycles. The second-order valence-corrected chi connectivity index (χ2v) is 7.86. The molecular formula is C24H21ClFN5O3. The Morgan fingerprint density at radius 3 is 2.74 bits per heavy atom. The Kier molecular flexibility index (Phi) is 6.85. The molecule has 0 amide bonds. The number of pyridine rings is 2. The molecule has 0 radical (unpaired) electrons. The predicted molar refractivity (Wildman–Crippen MR) is 127 cm³/mol. The highest BCUT2D eigenvalue weighted by Gasteiger charge is 2.17. The van der Waals surface area contributed by atoms with Gasteiger partial charge in [-0.1, -0.05) is 17.7 Å². The van der Waals surface area contributed by atoms with Crippen LogP contribution in [0.3, 0.4) is 0 Å². The molecule has 0 saturated heterocycles. The van der Waals surface area contributed by atoms with Gasteiger partial charge in [-0.05, 0) is 42.8 Å². The van der Waals surface area contributed by atoms with E-state index in [9.17, 15) is 14.3 Å². The zero-order chi connectivity index (χ0) is 24.2. The first kappa shape index (κ1) is 23.3. The van der Waals surface area contributed by atoms with Gasteiger partial charge < -0.3 is 19.7 Å². The first-order chi connectivity index (χ1) is 16.4. The number of aliphatic hydroxyl groups is 1. The van der Waals surface area contributed by atoms with Crippen LogP contribution < -0.4 is 15.6 Å². The summed E-state index contributed by atoms with van der Waals surface area (Å²) in [5.74, 6) is 0.232. The number of ether oxygens (including phenoxy) is 1.